The molecule has 22 heavy (non-hydrogen) atoms. The molecule has 0 bridgehead atoms. The number of aliphatic carboxylic acids is 1. The minimum atomic E-state index is -1.31. The third-order valence-electron chi connectivity index (χ3n) is 3.63. The molecule has 0 unspecified atom stereocenters. The second kappa shape index (κ2) is 8.11. The molecule has 7 nitrogen and oxygen atoms in total. The molecule has 0 aliphatic carbocycles. The molecule has 1 amide bonds. The SMILES string of the molecule is CCC(CC)(Cc1ccccn1)C(=O)NOC(=O)CC(=O)O. The highest BCUT2D eigenvalue weighted by Gasteiger charge is 2.36. The predicted octanol–water partition coefficient (Wildman–Crippen LogP) is 1.48. The van der Waals surface area contributed by atoms with Crippen LogP contribution in [0.15, 0.2) is 24.4 Å². The lowest BCUT2D eigenvalue weighted by Crippen LogP contribution is -2.43. The van der Waals surface area contributed by atoms with Crippen LogP contribution >= 0.6 is 0 Å². The number of carboxylic acid groups (broad SMARTS) is 1. The molecule has 120 valence electrons. The van der Waals surface area contributed by atoms with E-state index in [0.29, 0.717) is 19.3 Å². The lowest BCUT2D eigenvalue weighted by atomic mass is 9.77. The number of carboxylic acids is 1. The Balaban J connectivity index is 2.74. The number of aromatic nitrogens is 1. The predicted molar refractivity (Wildman–Crippen MR) is 77.4 cm³/mol. The van der Waals surface area contributed by atoms with Crippen LogP contribution in [0.2, 0.25) is 0 Å². The van der Waals surface area contributed by atoms with E-state index >= 15 is 0 Å². The molecule has 0 spiro atoms. The van der Waals surface area contributed by atoms with Gasteiger partial charge in [0.05, 0.1) is 5.41 Å². The summed E-state index contributed by atoms with van der Waals surface area (Å²) in [4.78, 5) is 42.7. The summed E-state index contributed by atoms with van der Waals surface area (Å²) in [5.74, 6) is -2.79. The zero-order valence-electron chi connectivity index (χ0n) is 12.7. The fourth-order valence-corrected chi connectivity index (χ4v) is 2.12. The molecule has 1 heterocycles. The first-order valence-corrected chi connectivity index (χ1v) is 7.05. The van der Waals surface area contributed by atoms with Crippen molar-refractivity contribution >= 4 is 17.8 Å². The number of carbonyl (C=O) groups excluding carboxylic acids is 2. The van der Waals surface area contributed by atoms with Gasteiger partial charge in [-0.05, 0) is 25.0 Å². The summed E-state index contributed by atoms with van der Waals surface area (Å²) in [6.07, 6.45) is 2.32. The maximum absolute atomic E-state index is 12.4. The van der Waals surface area contributed by atoms with E-state index in [4.69, 9.17) is 5.11 Å². The summed E-state index contributed by atoms with van der Waals surface area (Å²) in [5, 5.41) is 8.47. The standard InChI is InChI=1S/C15H20N2O5/c1-3-15(4-2,10-11-7-5-6-8-16-11)14(21)17-22-13(20)9-12(18)19/h5-8H,3-4,9-10H2,1-2H3,(H,17,21)(H,18,19). The Kier molecular flexibility index (Phi) is 6.49. The lowest BCUT2D eigenvalue weighted by Gasteiger charge is -2.29. The molecular weight excluding hydrogens is 288 g/mol. The zero-order valence-corrected chi connectivity index (χ0v) is 12.7. The van der Waals surface area contributed by atoms with Crippen LogP contribution in [0.4, 0.5) is 0 Å². The van der Waals surface area contributed by atoms with E-state index in [-0.39, 0.29) is 0 Å². The first kappa shape index (κ1) is 17.6. The fourth-order valence-electron chi connectivity index (χ4n) is 2.12. The van der Waals surface area contributed by atoms with E-state index in [2.05, 4.69) is 15.3 Å². The molecule has 1 rings (SSSR count). The lowest BCUT2D eigenvalue weighted by molar-refractivity contribution is -0.165. The highest BCUT2D eigenvalue weighted by atomic mass is 16.7. The van der Waals surface area contributed by atoms with E-state index < -0.39 is 29.7 Å². The number of hydrogen-bond donors (Lipinski definition) is 2. The Bertz CT molecular complexity index is 526. The van der Waals surface area contributed by atoms with Crippen molar-refractivity contribution in [3.63, 3.8) is 0 Å². The van der Waals surface area contributed by atoms with Gasteiger partial charge in [0.15, 0.2) is 0 Å². The quantitative estimate of drug-likeness (QED) is 0.584. The molecule has 0 aromatic carbocycles. The smallest absolute Gasteiger partial charge is 0.343 e. The fraction of sp³-hybridized carbons (Fsp3) is 0.467. The van der Waals surface area contributed by atoms with Crippen LogP contribution in [0.3, 0.4) is 0 Å². The number of pyridine rings is 1. The van der Waals surface area contributed by atoms with Crippen molar-refractivity contribution in [2.45, 2.75) is 39.5 Å². The highest BCUT2D eigenvalue weighted by Crippen LogP contribution is 2.30. The molecule has 2 N–H and O–H groups in total. The minimum Gasteiger partial charge on any atom is -0.481 e. The van der Waals surface area contributed by atoms with E-state index in [1.54, 1.807) is 12.3 Å². The van der Waals surface area contributed by atoms with Gasteiger partial charge >= 0.3 is 11.9 Å². The average molecular weight is 308 g/mol. The molecular formula is C15H20N2O5. The largest absolute Gasteiger partial charge is 0.481 e. The van der Waals surface area contributed by atoms with E-state index in [1.807, 2.05) is 26.0 Å². The summed E-state index contributed by atoms with van der Waals surface area (Å²) in [7, 11) is 0. The van der Waals surface area contributed by atoms with Crippen molar-refractivity contribution in [3.8, 4) is 0 Å². The molecule has 0 atom stereocenters. The highest BCUT2D eigenvalue weighted by molar-refractivity contribution is 5.91. The first-order chi connectivity index (χ1) is 10.4. The zero-order chi connectivity index (χ0) is 16.6. The maximum atomic E-state index is 12.4. The molecule has 0 aliphatic rings. The van der Waals surface area contributed by atoms with Crippen LogP contribution in [-0.4, -0.2) is 27.9 Å². The van der Waals surface area contributed by atoms with Crippen LogP contribution in [0, 0.1) is 5.41 Å². The average Bonchev–Trinajstić information content (AvgIpc) is 2.50. The van der Waals surface area contributed by atoms with Gasteiger partial charge in [-0.1, -0.05) is 19.9 Å². The van der Waals surface area contributed by atoms with Crippen molar-refractivity contribution in [3.05, 3.63) is 30.1 Å². The molecule has 7 heteroatoms. The third kappa shape index (κ3) is 4.83. The Morgan fingerprint density at radius 1 is 1.27 bits per heavy atom. The van der Waals surface area contributed by atoms with Crippen molar-refractivity contribution in [1.29, 1.82) is 0 Å². The van der Waals surface area contributed by atoms with Crippen molar-refractivity contribution < 1.29 is 24.3 Å². The van der Waals surface area contributed by atoms with Gasteiger partial charge in [-0.3, -0.25) is 14.6 Å². The minimum absolute atomic E-state index is 0.406. The van der Waals surface area contributed by atoms with Crippen LogP contribution in [0.5, 0.6) is 0 Å². The van der Waals surface area contributed by atoms with Gasteiger partial charge in [-0.25, -0.2) is 4.79 Å². The van der Waals surface area contributed by atoms with Crippen LogP contribution < -0.4 is 5.48 Å². The summed E-state index contributed by atoms with van der Waals surface area (Å²) in [6.45, 7) is 3.73. The second-order valence-corrected chi connectivity index (χ2v) is 4.96. The van der Waals surface area contributed by atoms with Gasteiger partial charge in [-0.2, -0.15) is 5.48 Å². The van der Waals surface area contributed by atoms with Gasteiger partial charge in [0.2, 0.25) is 0 Å². The topological polar surface area (TPSA) is 106 Å². The summed E-state index contributed by atoms with van der Waals surface area (Å²) >= 11 is 0. The monoisotopic (exact) mass is 308 g/mol. The maximum Gasteiger partial charge on any atom is 0.343 e. The second-order valence-electron chi connectivity index (χ2n) is 4.96. The van der Waals surface area contributed by atoms with Crippen molar-refractivity contribution in [2.75, 3.05) is 0 Å². The van der Waals surface area contributed by atoms with Crippen molar-refractivity contribution in [1.82, 2.24) is 10.5 Å². The third-order valence-corrected chi connectivity index (χ3v) is 3.63. The number of amides is 1. The van der Waals surface area contributed by atoms with E-state index in [9.17, 15) is 14.4 Å². The number of nitrogens with zero attached hydrogens (tertiary/aromatic N) is 1. The number of rotatable bonds is 7. The number of nitrogens with one attached hydrogen (secondary N) is 1. The van der Waals surface area contributed by atoms with Crippen LogP contribution in [-0.2, 0) is 25.6 Å². The molecule has 0 saturated heterocycles. The summed E-state index contributed by atoms with van der Waals surface area (Å²) in [6, 6.07) is 5.45. The normalized spacial score (nSPS) is 10.8. The Morgan fingerprint density at radius 3 is 2.45 bits per heavy atom. The van der Waals surface area contributed by atoms with Gasteiger partial charge < -0.3 is 9.94 Å². The Labute approximate surface area is 128 Å². The summed E-state index contributed by atoms with van der Waals surface area (Å²) < 4.78 is 0. The van der Waals surface area contributed by atoms with Gasteiger partial charge in [0.25, 0.3) is 5.91 Å². The Hall–Kier alpha value is -2.44. The number of hydrogen-bond acceptors (Lipinski definition) is 5. The first-order valence-electron chi connectivity index (χ1n) is 7.05. The molecule has 1 aromatic rings. The van der Waals surface area contributed by atoms with Crippen LogP contribution in [0.1, 0.15) is 38.8 Å². The summed E-state index contributed by atoms with van der Waals surface area (Å²) in [5.41, 5.74) is 2.07. The van der Waals surface area contributed by atoms with Gasteiger partial charge in [0, 0.05) is 18.3 Å². The number of carbonyl (C=O) groups is 3. The van der Waals surface area contributed by atoms with Crippen molar-refractivity contribution in [2.24, 2.45) is 5.41 Å². The number of hydroxylamine groups is 1. The molecule has 0 saturated carbocycles. The molecule has 1 aromatic heterocycles. The van der Waals surface area contributed by atoms with E-state index in [0.717, 1.165) is 5.69 Å². The Morgan fingerprint density at radius 2 is 1.95 bits per heavy atom. The van der Waals surface area contributed by atoms with Gasteiger partial charge in [0.1, 0.15) is 6.42 Å². The molecule has 0 aliphatic heterocycles. The van der Waals surface area contributed by atoms with E-state index in [1.165, 1.54) is 0 Å². The molecule has 0 fully saturated rings. The molecule has 0 radical (unpaired) electrons. The van der Waals surface area contributed by atoms with Crippen LogP contribution in [0.25, 0.3) is 0 Å². The van der Waals surface area contributed by atoms with Gasteiger partial charge in [-0.15, -0.1) is 0 Å².